The Morgan fingerprint density at radius 1 is 1.35 bits per heavy atom. The van der Waals surface area contributed by atoms with Crippen molar-refractivity contribution >= 4 is 11.6 Å². The molecule has 0 saturated carbocycles. The third-order valence-corrected chi connectivity index (χ3v) is 2.79. The second kappa shape index (κ2) is 8.77. The van der Waals surface area contributed by atoms with Crippen LogP contribution in [-0.4, -0.2) is 44.2 Å². The zero-order valence-corrected chi connectivity index (χ0v) is 12.3. The van der Waals surface area contributed by atoms with Gasteiger partial charge in [-0.3, -0.25) is 0 Å². The topological polar surface area (TPSA) is 71.7 Å². The first-order chi connectivity index (χ1) is 9.56. The van der Waals surface area contributed by atoms with Gasteiger partial charge in [0, 0.05) is 13.2 Å². The Balaban J connectivity index is 2.36. The van der Waals surface area contributed by atoms with Gasteiger partial charge in [-0.15, -0.1) is 0 Å². The van der Waals surface area contributed by atoms with Gasteiger partial charge >= 0.3 is 0 Å². The summed E-state index contributed by atoms with van der Waals surface area (Å²) in [5, 5.41) is 18.8. The monoisotopic (exact) mass is 299 g/mol. The molecule has 2 atom stereocenters. The molecule has 0 saturated heterocycles. The maximum Gasteiger partial charge on any atom is 0.121 e. The molecule has 1 N–H and O–H groups in total. The highest BCUT2D eigenvalue weighted by Gasteiger charge is 2.09. The van der Waals surface area contributed by atoms with Crippen LogP contribution in [0.4, 0.5) is 0 Å². The van der Waals surface area contributed by atoms with E-state index in [1.807, 2.05) is 13.0 Å². The van der Waals surface area contributed by atoms with Crippen molar-refractivity contribution in [3.63, 3.8) is 0 Å². The van der Waals surface area contributed by atoms with E-state index in [0.29, 0.717) is 22.9 Å². The fourth-order valence-electron chi connectivity index (χ4n) is 1.47. The van der Waals surface area contributed by atoms with Gasteiger partial charge in [0.1, 0.15) is 24.5 Å². The Hall–Kier alpha value is -1.32. The highest BCUT2D eigenvalue weighted by atomic mass is 35.5. The van der Waals surface area contributed by atoms with Gasteiger partial charge in [-0.1, -0.05) is 11.6 Å². The SMILES string of the molecule is COCC(C)OCC(O)COc1ccc(C#N)c(Cl)c1. The molecule has 110 valence electrons. The summed E-state index contributed by atoms with van der Waals surface area (Å²) in [6, 6.07) is 6.71. The third kappa shape index (κ3) is 5.76. The molecule has 0 aliphatic heterocycles. The summed E-state index contributed by atoms with van der Waals surface area (Å²) in [6.45, 7) is 2.58. The molecule has 0 radical (unpaired) electrons. The number of halogens is 1. The minimum absolute atomic E-state index is 0.0843. The van der Waals surface area contributed by atoms with Crippen molar-refractivity contribution < 1.29 is 19.3 Å². The first-order valence-corrected chi connectivity index (χ1v) is 6.55. The molecule has 1 aromatic rings. The summed E-state index contributed by atoms with van der Waals surface area (Å²) in [6.07, 6.45) is -0.831. The molecule has 1 aromatic carbocycles. The average Bonchev–Trinajstić information content (AvgIpc) is 2.43. The molecule has 0 aromatic heterocycles. The second-order valence-electron chi connectivity index (χ2n) is 4.32. The summed E-state index contributed by atoms with van der Waals surface area (Å²) in [5.74, 6) is 0.498. The van der Waals surface area contributed by atoms with Crippen LogP contribution in [0.5, 0.6) is 5.75 Å². The predicted octanol–water partition coefficient (Wildman–Crippen LogP) is 2.00. The molecule has 0 fully saturated rings. The lowest BCUT2D eigenvalue weighted by molar-refractivity contribution is -0.0422. The summed E-state index contributed by atoms with van der Waals surface area (Å²) in [5.41, 5.74) is 0.385. The smallest absolute Gasteiger partial charge is 0.121 e. The van der Waals surface area contributed by atoms with Crippen molar-refractivity contribution in [3.8, 4) is 11.8 Å². The van der Waals surface area contributed by atoms with Crippen LogP contribution in [0.3, 0.4) is 0 Å². The molecule has 0 heterocycles. The number of rotatable bonds is 8. The Bertz CT molecular complexity index is 461. The van der Waals surface area contributed by atoms with E-state index in [2.05, 4.69) is 0 Å². The number of methoxy groups -OCH3 is 1. The van der Waals surface area contributed by atoms with Crippen LogP contribution in [0.1, 0.15) is 12.5 Å². The number of benzene rings is 1. The Labute approximate surface area is 123 Å². The normalized spacial score (nSPS) is 13.6. The van der Waals surface area contributed by atoms with Gasteiger partial charge in [0.05, 0.1) is 29.9 Å². The molecule has 0 amide bonds. The summed E-state index contributed by atoms with van der Waals surface area (Å²) in [4.78, 5) is 0. The Morgan fingerprint density at radius 2 is 2.10 bits per heavy atom. The first kappa shape index (κ1) is 16.7. The third-order valence-electron chi connectivity index (χ3n) is 2.48. The Kier molecular flexibility index (Phi) is 7.34. The molecule has 1 rings (SSSR count). The van der Waals surface area contributed by atoms with E-state index in [4.69, 9.17) is 31.1 Å². The number of nitriles is 1. The highest BCUT2D eigenvalue weighted by Crippen LogP contribution is 2.21. The summed E-state index contributed by atoms with van der Waals surface area (Å²) >= 11 is 5.88. The van der Waals surface area contributed by atoms with Gasteiger partial charge < -0.3 is 19.3 Å². The van der Waals surface area contributed by atoms with Crippen LogP contribution in [0.15, 0.2) is 18.2 Å². The van der Waals surface area contributed by atoms with Gasteiger partial charge in [-0.05, 0) is 19.1 Å². The summed E-state index contributed by atoms with van der Waals surface area (Å²) in [7, 11) is 1.59. The zero-order chi connectivity index (χ0) is 15.0. The van der Waals surface area contributed by atoms with E-state index >= 15 is 0 Å². The van der Waals surface area contributed by atoms with E-state index in [-0.39, 0.29) is 19.3 Å². The van der Waals surface area contributed by atoms with Crippen LogP contribution < -0.4 is 4.74 Å². The van der Waals surface area contributed by atoms with Gasteiger partial charge in [-0.25, -0.2) is 0 Å². The first-order valence-electron chi connectivity index (χ1n) is 6.18. The second-order valence-corrected chi connectivity index (χ2v) is 4.72. The van der Waals surface area contributed by atoms with E-state index in [0.717, 1.165) is 0 Å². The average molecular weight is 300 g/mol. The van der Waals surface area contributed by atoms with E-state index in [9.17, 15) is 5.11 Å². The molecular formula is C14H18ClNO4. The lowest BCUT2D eigenvalue weighted by atomic mass is 10.2. The van der Waals surface area contributed by atoms with Crippen LogP contribution in [0.25, 0.3) is 0 Å². The van der Waals surface area contributed by atoms with Gasteiger partial charge in [0.25, 0.3) is 0 Å². The molecule has 0 aliphatic carbocycles. The molecule has 6 heteroatoms. The lowest BCUT2D eigenvalue weighted by Gasteiger charge is -2.16. The number of ether oxygens (including phenoxy) is 3. The van der Waals surface area contributed by atoms with E-state index in [1.165, 1.54) is 0 Å². The fourth-order valence-corrected chi connectivity index (χ4v) is 1.69. The highest BCUT2D eigenvalue weighted by molar-refractivity contribution is 6.31. The van der Waals surface area contributed by atoms with Gasteiger partial charge in [0.15, 0.2) is 0 Å². The van der Waals surface area contributed by atoms with Crippen molar-refractivity contribution in [2.24, 2.45) is 0 Å². The van der Waals surface area contributed by atoms with Gasteiger partial charge in [0.2, 0.25) is 0 Å². The molecule has 0 aliphatic rings. The van der Waals surface area contributed by atoms with Crippen molar-refractivity contribution in [1.29, 1.82) is 5.26 Å². The standard InChI is InChI=1S/C14H18ClNO4/c1-10(7-18-2)19-8-12(17)9-20-13-4-3-11(6-16)14(15)5-13/h3-5,10,12,17H,7-9H2,1-2H3. The largest absolute Gasteiger partial charge is 0.491 e. The fraction of sp³-hybridized carbons (Fsp3) is 0.500. The molecular weight excluding hydrogens is 282 g/mol. The van der Waals surface area contributed by atoms with Gasteiger partial charge in [-0.2, -0.15) is 5.26 Å². The minimum Gasteiger partial charge on any atom is -0.491 e. The molecule has 0 spiro atoms. The maximum absolute atomic E-state index is 9.72. The van der Waals surface area contributed by atoms with Crippen LogP contribution in [0, 0.1) is 11.3 Å². The zero-order valence-electron chi connectivity index (χ0n) is 11.5. The molecule has 2 unspecified atom stereocenters. The van der Waals surface area contributed by atoms with Crippen molar-refractivity contribution in [1.82, 2.24) is 0 Å². The lowest BCUT2D eigenvalue weighted by Crippen LogP contribution is -2.27. The Morgan fingerprint density at radius 3 is 2.70 bits per heavy atom. The van der Waals surface area contributed by atoms with Crippen molar-refractivity contribution in [2.45, 2.75) is 19.1 Å². The van der Waals surface area contributed by atoms with Crippen LogP contribution in [-0.2, 0) is 9.47 Å². The molecule has 5 nitrogen and oxygen atoms in total. The quantitative estimate of drug-likeness (QED) is 0.795. The molecule has 0 bridgehead atoms. The predicted molar refractivity (Wildman–Crippen MR) is 75.0 cm³/mol. The number of hydrogen-bond donors (Lipinski definition) is 1. The van der Waals surface area contributed by atoms with Crippen molar-refractivity contribution in [3.05, 3.63) is 28.8 Å². The van der Waals surface area contributed by atoms with Crippen LogP contribution in [0.2, 0.25) is 5.02 Å². The number of hydrogen-bond acceptors (Lipinski definition) is 5. The summed E-state index contributed by atoms with van der Waals surface area (Å²) < 4.78 is 15.7. The minimum atomic E-state index is -0.747. The van der Waals surface area contributed by atoms with E-state index < -0.39 is 6.10 Å². The van der Waals surface area contributed by atoms with Crippen molar-refractivity contribution in [2.75, 3.05) is 26.9 Å². The molecule has 20 heavy (non-hydrogen) atoms. The van der Waals surface area contributed by atoms with Crippen LogP contribution >= 0.6 is 11.6 Å². The number of aliphatic hydroxyl groups is 1. The maximum atomic E-state index is 9.72. The van der Waals surface area contributed by atoms with E-state index in [1.54, 1.807) is 25.3 Å². The number of aliphatic hydroxyl groups excluding tert-OH is 1. The number of nitrogens with zero attached hydrogens (tertiary/aromatic N) is 1.